The number of H-pyrrole nitrogens is 1. The number of aromatic nitrogens is 5. The molecule has 0 saturated heterocycles. The quantitative estimate of drug-likeness (QED) is 0.756. The van der Waals surface area contributed by atoms with Gasteiger partial charge in [-0.1, -0.05) is 6.07 Å². The summed E-state index contributed by atoms with van der Waals surface area (Å²) in [5, 5.41) is 8.20. The number of nitrogens with one attached hydrogen (secondary N) is 1. The number of amides is 1. The molecule has 128 valence electrons. The van der Waals surface area contributed by atoms with Crippen molar-refractivity contribution < 1.29 is 4.79 Å². The summed E-state index contributed by atoms with van der Waals surface area (Å²) < 4.78 is 3.58. The number of aromatic amines is 1. The number of carbonyl (C=O) groups excluding carboxylic acids is 1. The van der Waals surface area contributed by atoms with Crippen molar-refractivity contribution in [3.63, 3.8) is 0 Å². The molecule has 0 radical (unpaired) electrons. The van der Waals surface area contributed by atoms with Gasteiger partial charge in [0.15, 0.2) is 5.82 Å². The van der Waals surface area contributed by atoms with Crippen LogP contribution in [0.25, 0.3) is 5.69 Å². The summed E-state index contributed by atoms with van der Waals surface area (Å²) in [6, 6.07) is 7.12. The molecule has 3 heterocycles. The average molecular weight is 338 g/mol. The Balaban J connectivity index is 1.64. The van der Waals surface area contributed by atoms with E-state index in [9.17, 15) is 9.59 Å². The molecule has 3 aromatic rings. The number of rotatable bonds is 2. The predicted octanol–water partition coefficient (Wildman–Crippen LogP) is 1.03. The Hall–Kier alpha value is -3.16. The second kappa shape index (κ2) is 5.73. The van der Waals surface area contributed by atoms with Crippen molar-refractivity contribution >= 4 is 5.91 Å². The SMILES string of the molecule is Cc1nnc2n1CCN(C(=O)c1cccc(-n3c(C)c[nH]c3=O)c1)C2. The normalized spacial score (nSPS) is 13.8. The summed E-state index contributed by atoms with van der Waals surface area (Å²) in [5.41, 5.74) is 1.79. The van der Waals surface area contributed by atoms with Crippen molar-refractivity contribution in [2.45, 2.75) is 26.9 Å². The van der Waals surface area contributed by atoms with Crippen LogP contribution in [-0.4, -0.2) is 41.7 Å². The molecule has 0 atom stereocenters. The van der Waals surface area contributed by atoms with Gasteiger partial charge in [0, 0.05) is 30.5 Å². The number of benzene rings is 1. The Labute approximate surface area is 143 Å². The molecule has 1 aliphatic heterocycles. The van der Waals surface area contributed by atoms with Crippen LogP contribution in [0, 0.1) is 13.8 Å². The molecule has 1 aliphatic rings. The van der Waals surface area contributed by atoms with Crippen molar-refractivity contribution in [2.24, 2.45) is 0 Å². The lowest BCUT2D eigenvalue weighted by molar-refractivity contribution is 0.0706. The summed E-state index contributed by atoms with van der Waals surface area (Å²) in [7, 11) is 0. The summed E-state index contributed by atoms with van der Waals surface area (Å²) in [6.45, 7) is 5.49. The molecular formula is C17H18N6O2. The molecule has 1 aromatic carbocycles. The lowest BCUT2D eigenvalue weighted by Gasteiger charge is -2.27. The number of hydrogen-bond acceptors (Lipinski definition) is 4. The first-order valence-electron chi connectivity index (χ1n) is 8.10. The van der Waals surface area contributed by atoms with E-state index in [1.165, 1.54) is 0 Å². The number of nitrogens with zero attached hydrogens (tertiary/aromatic N) is 5. The summed E-state index contributed by atoms with van der Waals surface area (Å²) in [6.07, 6.45) is 1.65. The first-order valence-corrected chi connectivity index (χ1v) is 8.10. The molecule has 0 spiro atoms. The van der Waals surface area contributed by atoms with Gasteiger partial charge in [-0.25, -0.2) is 4.79 Å². The van der Waals surface area contributed by atoms with Crippen molar-refractivity contribution in [3.05, 3.63) is 63.9 Å². The van der Waals surface area contributed by atoms with E-state index in [1.54, 1.807) is 33.9 Å². The van der Waals surface area contributed by atoms with E-state index in [4.69, 9.17) is 0 Å². The van der Waals surface area contributed by atoms with E-state index in [2.05, 4.69) is 15.2 Å². The average Bonchev–Trinajstić information content (AvgIpc) is 3.16. The van der Waals surface area contributed by atoms with Crippen molar-refractivity contribution in [1.82, 2.24) is 29.2 Å². The van der Waals surface area contributed by atoms with Gasteiger partial charge < -0.3 is 14.5 Å². The van der Waals surface area contributed by atoms with Crippen molar-refractivity contribution in [3.8, 4) is 5.69 Å². The number of imidazole rings is 1. The predicted molar refractivity (Wildman–Crippen MR) is 90.6 cm³/mol. The Kier molecular flexibility index (Phi) is 3.52. The highest BCUT2D eigenvalue weighted by Gasteiger charge is 2.24. The minimum Gasteiger partial charge on any atom is -0.329 e. The molecule has 2 aromatic heterocycles. The summed E-state index contributed by atoms with van der Waals surface area (Å²) in [5.74, 6) is 1.59. The zero-order chi connectivity index (χ0) is 17.6. The van der Waals surface area contributed by atoms with E-state index in [1.807, 2.05) is 24.5 Å². The van der Waals surface area contributed by atoms with E-state index in [-0.39, 0.29) is 11.6 Å². The van der Waals surface area contributed by atoms with E-state index < -0.39 is 0 Å². The van der Waals surface area contributed by atoms with Crippen LogP contribution < -0.4 is 5.69 Å². The molecule has 4 rings (SSSR count). The molecule has 0 unspecified atom stereocenters. The third-order valence-corrected chi connectivity index (χ3v) is 4.54. The largest absolute Gasteiger partial charge is 0.330 e. The molecular weight excluding hydrogens is 320 g/mol. The van der Waals surface area contributed by atoms with Gasteiger partial charge in [-0.15, -0.1) is 10.2 Å². The second-order valence-corrected chi connectivity index (χ2v) is 6.16. The smallest absolute Gasteiger partial charge is 0.329 e. The van der Waals surface area contributed by atoms with Crippen LogP contribution in [-0.2, 0) is 13.1 Å². The maximum atomic E-state index is 12.9. The third-order valence-electron chi connectivity index (χ3n) is 4.54. The molecule has 8 nitrogen and oxygen atoms in total. The van der Waals surface area contributed by atoms with Gasteiger partial charge >= 0.3 is 5.69 Å². The fourth-order valence-corrected chi connectivity index (χ4v) is 3.21. The van der Waals surface area contributed by atoms with Gasteiger partial charge in [0.1, 0.15) is 5.82 Å². The minimum atomic E-state index is -0.219. The zero-order valence-corrected chi connectivity index (χ0v) is 14.1. The van der Waals surface area contributed by atoms with Crippen LogP contribution in [0.2, 0.25) is 0 Å². The number of hydrogen-bond donors (Lipinski definition) is 1. The monoisotopic (exact) mass is 338 g/mol. The van der Waals surface area contributed by atoms with E-state index >= 15 is 0 Å². The van der Waals surface area contributed by atoms with E-state index in [0.29, 0.717) is 30.9 Å². The maximum absolute atomic E-state index is 12.9. The van der Waals surface area contributed by atoms with Crippen molar-refractivity contribution in [1.29, 1.82) is 0 Å². The van der Waals surface area contributed by atoms with Crippen LogP contribution in [0.4, 0.5) is 0 Å². The van der Waals surface area contributed by atoms with Crippen LogP contribution in [0.3, 0.4) is 0 Å². The molecule has 0 saturated carbocycles. The highest BCUT2D eigenvalue weighted by Crippen LogP contribution is 2.17. The van der Waals surface area contributed by atoms with Crippen LogP contribution in [0.15, 0.2) is 35.3 Å². The standard InChI is InChI=1S/C17H18N6O2/c1-11-9-18-17(25)23(11)14-5-3-4-13(8-14)16(24)21-6-7-22-12(2)19-20-15(22)10-21/h3-5,8-9H,6-7,10H2,1-2H3,(H,18,25). The molecule has 1 N–H and O–H groups in total. The molecule has 0 aliphatic carbocycles. The molecule has 0 bridgehead atoms. The Bertz CT molecular complexity index is 1010. The fraction of sp³-hybridized carbons (Fsp3) is 0.294. The number of fused-ring (bicyclic) bond motifs is 1. The van der Waals surface area contributed by atoms with E-state index in [0.717, 1.165) is 17.3 Å². The highest BCUT2D eigenvalue weighted by molar-refractivity contribution is 5.94. The highest BCUT2D eigenvalue weighted by atomic mass is 16.2. The van der Waals surface area contributed by atoms with Gasteiger partial charge in [0.2, 0.25) is 0 Å². The molecule has 25 heavy (non-hydrogen) atoms. The van der Waals surface area contributed by atoms with Crippen LogP contribution >= 0.6 is 0 Å². The first-order chi connectivity index (χ1) is 12.0. The number of aryl methyl sites for hydroxylation is 2. The summed E-state index contributed by atoms with van der Waals surface area (Å²) in [4.78, 5) is 29.3. The van der Waals surface area contributed by atoms with Gasteiger partial charge in [-0.2, -0.15) is 0 Å². The Morgan fingerprint density at radius 2 is 2.04 bits per heavy atom. The first kappa shape index (κ1) is 15.4. The second-order valence-electron chi connectivity index (χ2n) is 6.16. The lowest BCUT2D eigenvalue weighted by atomic mass is 10.1. The van der Waals surface area contributed by atoms with Gasteiger partial charge in [0.25, 0.3) is 5.91 Å². The zero-order valence-electron chi connectivity index (χ0n) is 14.1. The number of carbonyl (C=O) groups is 1. The van der Waals surface area contributed by atoms with Gasteiger partial charge in [-0.05, 0) is 32.0 Å². The van der Waals surface area contributed by atoms with Crippen LogP contribution in [0.5, 0.6) is 0 Å². The Morgan fingerprint density at radius 3 is 2.80 bits per heavy atom. The van der Waals surface area contributed by atoms with Gasteiger partial charge in [0.05, 0.1) is 12.2 Å². The molecule has 1 amide bonds. The third kappa shape index (κ3) is 2.55. The molecule has 8 heteroatoms. The van der Waals surface area contributed by atoms with Gasteiger partial charge in [-0.3, -0.25) is 9.36 Å². The summed E-state index contributed by atoms with van der Waals surface area (Å²) >= 11 is 0. The van der Waals surface area contributed by atoms with Crippen molar-refractivity contribution in [2.75, 3.05) is 6.54 Å². The van der Waals surface area contributed by atoms with Crippen LogP contribution in [0.1, 0.15) is 27.7 Å². The topological polar surface area (TPSA) is 88.8 Å². The Morgan fingerprint density at radius 1 is 1.20 bits per heavy atom. The minimum absolute atomic E-state index is 0.0741. The lowest BCUT2D eigenvalue weighted by Crippen LogP contribution is -2.38. The maximum Gasteiger partial charge on any atom is 0.330 e. The fourth-order valence-electron chi connectivity index (χ4n) is 3.21. The molecule has 0 fully saturated rings.